The predicted molar refractivity (Wildman–Crippen MR) is 139 cm³/mol. The molecule has 3 saturated carbocycles. The van der Waals surface area contributed by atoms with Gasteiger partial charge >= 0.3 is 0 Å². The highest BCUT2D eigenvalue weighted by Crippen LogP contribution is 2.67. The quantitative estimate of drug-likeness (QED) is 0.273. The van der Waals surface area contributed by atoms with E-state index in [4.69, 9.17) is 31.4 Å². The van der Waals surface area contributed by atoms with Gasteiger partial charge in [-0.25, -0.2) is 9.97 Å². The number of nitrogens with zero attached hydrogens (tertiary/aromatic N) is 4. The summed E-state index contributed by atoms with van der Waals surface area (Å²) in [5.74, 6) is 2.06. The molecule has 12 heteroatoms. The van der Waals surface area contributed by atoms with Crippen LogP contribution in [0.4, 0.5) is 11.5 Å². The molecule has 4 aliphatic rings. The first-order valence-corrected chi connectivity index (χ1v) is 14.7. The minimum Gasteiger partial charge on any atom is -0.394 e. The standard InChI is InChI=1S/C24H30ClN5O4S2/c1-2-7-35-23-27-14-9-12-20(24(12)10-15(34-6-5-31)19(32)21(24)33)30-29-18(14)22(28-23)26-13-8-11(13)16-3-4-17(25)36-16/h3-4,11-13,15,19-21,31-33H,2,5-10H2,1H3,(H,26,27,28)/t11-,12?,13-,15+,19-,20-,21-,24+/m1/s1. The Morgan fingerprint density at radius 1 is 1.31 bits per heavy atom. The molecule has 0 amide bonds. The van der Waals surface area contributed by atoms with Gasteiger partial charge in [0.2, 0.25) is 0 Å². The maximum atomic E-state index is 11.0. The van der Waals surface area contributed by atoms with E-state index in [1.807, 2.05) is 6.07 Å². The minimum absolute atomic E-state index is 0.0172. The predicted octanol–water partition coefficient (Wildman–Crippen LogP) is 3.79. The molecule has 1 unspecified atom stereocenters. The Balaban J connectivity index is 1.25. The number of thiophene rings is 1. The van der Waals surface area contributed by atoms with Gasteiger partial charge in [-0.3, -0.25) is 0 Å². The SMILES string of the molecule is CCCSc1nc2c(c(N[C@@H]3C[C@H]3c3ccc(Cl)s3)n1)N=N[C@@H]1C(C2)[C@@]12C[C@H](OCCO)[C@@H](O)[C@H]2O. The number of nitrogens with one attached hydrogen (secondary N) is 1. The fourth-order valence-electron chi connectivity index (χ4n) is 5.93. The molecule has 8 atom stereocenters. The Morgan fingerprint density at radius 3 is 2.92 bits per heavy atom. The molecule has 6 rings (SSSR count). The third-order valence-electron chi connectivity index (χ3n) is 7.88. The number of azo groups is 1. The lowest BCUT2D eigenvalue weighted by atomic mass is 9.96. The number of rotatable bonds is 9. The fraction of sp³-hybridized carbons (Fsp3) is 0.667. The van der Waals surface area contributed by atoms with Gasteiger partial charge in [-0.05, 0) is 43.7 Å². The van der Waals surface area contributed by atoms with Crippen molar-refractivity contribution in [2.24, 2.45) is 21.6 Å². The topological polar surface area (TPSA) is 132 Å². The van der Waals surface area contributed by atoms with E-state index in [0.29, 0.717) is 35.4 Å². The van der Waals surface area contributed by atoms with Crippen molar-refractivity contribution in [3.8, 4) is 0 Å². The zero-order chi connectivity index (χ0) is 25.0. The van der Waals surface area contributed by atoms with E-state index in [1.165, 1.54) is 4.88 Å². The number of anilines is 1. The van der Waals surface area contributed by atoms with Crippen LogP contribution in [0.1, 0.15) is 42.7 Å². The van der Waals surface area contributed by atoms with Gasteiger partial charge in [0.15, 0.2) is 11.0 Å². The lowest BCUT2D eigenvalue weighted by Crippen LogP contribution is -2.34. The van der Waals surface area contributed by atoms with Crippen LogP contribution in [0.2, 0.25) is 4.34 Å². The normalized spacial score (nSPS) is 36.0. The molecule has 0 bridgehead atoms. The number of ether oxygens (including phenoxy) is 1. The lowest BCUT2D eigenvalue weighted by Gasteiger charge is -2.18. The summed E-state index contributed by atoms with van der Waals surface area (Å²) in [7, 11) is 0. The molecule has 0 aromatic carbocycles. The van der Waals surface area contributed by atoms with Crippen molar-refractivity contribution >= 4 is 46.2 Å². The van der Waals surface area contributed by atoms with Crippen molar-refractivity contribution in [2.45, 2.75) is 74.1 Å². The molecule has 2 aromatic rings. The Morgan fingerprint density at radius 2 is 2.17 bits per heavy atom. The number of hydrogen-bond donors (Lipinski definition) is 4. The molecule has 0 radical (unpaired) electrons. The average Bonchev–Trinajstić information content (AvgIpc) is 3.69. The molecule has 3 heterocycles. The van der Waals surface area contributed by atoms with E-state index in [-0.39, 0.29) is 31.2 Å². The summed E-state index contributed by atoms with van der Waals surface area (Å²) in [5.41, 5.74) is 0.932. The largest absolute Gasteiger partial charge is 0.394 e. The van der Waals surface area contributed by atoms with Crippen molar-refractivity contribution in [2.75, 3.05) is 24.3 Å². The highest BCUT2D eigenvalue weighted by molar-refractivity contribution is 7.99. The third-order valence-corrected chi connectivity index (χ3v) is 10.3. The van der Waals surface area contributed by atoms with Crippen LogP contribution in [-0.4, -0.2) is 74.6 Å². The van der Waals surface area contributed by atoms with Crippen molar-refractivity contribution in [1.82, 2.24) is 9.97 Å². The van der Waals surface area contributed by atoms with Crippen molar-refractivity contribution in [3.63, 3.8) is 0 Å². The zero-order valence-electron chi connectivity index (χ0n) is 19.9. The zero-order valence-corrected chi connectivity index (χ0v) is 22.3. The molecule has 2 aromatic heterocycles. The number of hydrogen-bond acceptors (Lipinski definition) is 11. The Labute approximate surface area is 222 Å². The summed E-state index contributed by atoms with van der Waals surface area (Å²) in [6.07, 6.45) is 0.644. The molecule has 9 nitrogen and oxygen atoms in total. The average molecular weight is 552 g/mol. The molecule has 3 fully saturated rings. The highest BCUT2D eigenvalue weighted by atomic mass is 35.5. The summed E-state index contributed by atoms with van der Waals surface area (Å²) in [6, 6.07) is 4.09. The smallest absolute Gasteiger partial charge is 0.189 e. The second-order valence-corrected chi connectivity index (χ2v) is 12.9. The van der Waals surface area contributed by atoms with Gasteiger partial charge in [0.05, 0.1) is 41.5 Å². The molecular formula is C24H30ClN5O4S2. The van der Waals surface area contributed by atoms with E-state index >= 15 is 0 Å². The van der Waals surface area contributed by atoms with Crippen LogP contribution in [0.3, 0.4) is 0 Å². The van der Waals surface area contributed by atoms with Crippen LogP contribution < -0.4 is 5.32 Å². The summed E-state index contributed by atoms with van der Waals surface area (Å²) >= 11 is 9.39. The number of aliphatic hydroxyl groups is 3. The summed E-state index contributed by atoms with van der Waals surface area (Å²) in [6.45, 7) is 2.13. The first-order valence-electron chi connectivity index (χ1n) is 12.5. The second kappa shape index (κ2) is 9.76. The van der Waals surface area contributed by atoms with Crippen molar-refractivity contribution in [1.29, 1.82) is 0 Å². The van der Waals surface area contributed by atoms with Crippen LogP contribution >= 0.6 is 34.7 Å². The van der Waals surface area contributed by atoms with Crippen LogP contribution in [0.5, 0.6) is 0 Å². The molecule has 1 spiro atoms. The van der Waals surface area contributed by atoms with Crippen LogP contribution in [0.15, 0.2) is 27.5 Å². The molecule has 194 valence electrons. The first kappa shape index (κ1) is 25.0. The molecular weight excluding hydrogens is 522 g/mol. The van der Waals surface area contributed by atoms with Crippen LogP contribution in [-0.2, 0) is 11.2 Å². The van der Waals surface area contributed by atoms with Crippen molar-refractivity contribution < 1.29 is 20.1 Å². The van der Waals surface area contributed by atoms with Gasteiger partial charge in [0.1, 0.15) is 11.8 Å². The summed E-state index contributed by atoms with van der Waals surface area (Å²) in [5, 5.41) is 44.3. The van der Waals surface area contributed by atoms with E-state index in [2.05, 4.69) is 28.5 Å². The number of fused-ring (bicyclic) bond motifs is 4. The minimum atomic E-state index is -1.01. The summed E-state index contributed by atoms with van der Waals surface area (Å²) in [4.78, 5) is 10.9. The highest BCUT2D eigenvalue weighted by Gasteiger charge is 2.75. The summed E-state index contributed by atoms with van der Waals surface area (Å²) < 4.78 is 6.42. The van der Waals surface area contributed by atoms with E-state index in [9.17, 15) is 10.2 Å². The van der Waals surface area contributed by atoms with Gasteiger partial charge in [-0.1, -0.05) is 30.3 Å². The number of halogens is 1. The molecule has 4 N–H and O–H groups in total. The maximum Gasteiger partial charge on any atom is 0.189 e. The van der Waals surface area contributed by atoms with Crippen LogP contribution in [0.25, 0.3) is 0 Å². The van der Waals surface area contributed by atoms with Gasteiger partial charge in [0.25, 0.3) is 0 Å². The van der Waals surface area contributed by atoms with E-state index in [0.717, 1.165) is 28.6 Å². The Kier molecular flexibility index (Phi) is 6.77. The first-order chi connectivity index (χ1) is 17.5. The molecule has 36 heavy (non-hydrogen) atoms. The number of aliphatic hydroxyl groups excluding tert-OH is 3. The number of thioether (sulfide) groups is 1. The van der Waals surface area contributed by atoms with E-state index < -0.39 is 23.7 Å². The van der Waals surface area contributed by atoms with Gasteiger partial charge < -0.3 is 25.4 Å². The molecule has 1 aliphatic heterocycles. The lowest BCUT2D eigenvalue weighted by molar-refractivity contribution is -0.0647. The Hall–Kier alpha value is -1.34. The Bertz CT molecular complexity index is 1170. The maximum absolute atomic E-state index is 11.0. The number of aromatic nitrogens is 2. The second-order valence-electron chi connectivity index (χ2n) is 10.1. The van der Waals surface area contributed by atoms with Gasteiger partial charge in [-0.15, -0.1) is 16.5 Å². The van der Waals surface area contributed by atoms with Gasteiger partial charge in [-0.2, -0.15) is 5.11 Å². The monoisotopic (exact) mass is 551 g/mol. The third kappa shape index (κ3) is 4.26. The van der Waals surface area contributed by atoms with E-state index in [1.54, 1.807) is 23.1 Å². The van der Waals surface area contributed by atoms with Crippen LogP contribution in [0, 0.1) is 11.3 Å². The molecule has 0 saturated heterocycles. The van der Waals surface area contributed by atoms with Crippen molar-refractivity contribution in [3.05, 3.63) is 27.0 Å². The van der Waals surface area contributed by atoms with Gasteiger partial charge in [0, 0.05) is 28.0 Å². The molecule has 3 aliphatic carbocycles. The fourth-order valence-corrected chi connectivity index (χ4v) is 7.89.